The third kappa shape index (κ3) is 5.57. The molecule has 8 heteroatoms. The molecule has 7 nitrogen and oxygen atoms in total. The normalized spacial score (nSPS) is 26.6. The molecule has 2 aromatic carbocycles. The Hall–Kier alpha value is -2.77. The van der Waals surface area contributed by atoms with Gasteiger partial charge in [-0.15, -0.1) is 0 Å². The van der Waals surface area contributed by atoms with Gasteiger partial charge in [0.25, 0.3) is 0 Å². The molecule has 4 rings (SSSR count). The van der Waals surface area contributed by atoms with Gasteiger partial charge in [0.05, 0.1) is 6.54 Å². The number of aliphatic carboxylic acids is 1. The zero-order chi connectivity index (χ0) is 25.2. The number of carbonyl (C=O) groups is 2. The van der Waals surface area contributed by atoms with Crippen molar-refractivity contribution < 1.29 is 24.5 Å². The van der Waals surface area contributed by atoms with Crippen LogP contribution in [0.1, 0.15) is 43.2 Å². The number of carboxylic acid groups (broad SMARTS) is 2. The Kier molecular flexibility index (Phi) is 7.57. The van der Waals surface area contributed by atoms with E-state index in [-0.39, 0.29) is 18.5 Å². The number of rotatable bonds is 7. The molecule has 0 aromatic heterocycles. The summed E-state index contributed by atoms with van der Waals surface area (Å²) in [6, 6.07) is 15.3. The van der Waals surface area contributed by atoms with E-state index in [0.717, 1.165) is 42.6 Å². The first-order valence-corrected chi connectivity index (χ1v) is 12.5. The predicted molar refractivity (Wildman–Crippen MR) is 134 cm³/mol. The summed E-state index contributed by atoms with van der Waals surface area (Å²) in [5, 5.41) is 19.2. The largest absolute Gasteiger partial charge is 0.488 e. The summed E-state index contributed by atoms with van der Waals surface area (Å²) in [7, 11) is 4.33. The van der Waals surface area contributed by atoms with Crippen LogP contribution in [-0.4, -0.2) is 64.9 Å². The van der Waals surface area contributed by atoms with Gasteiger partial charge < -0.3 is 14.9 Å². The molecular formula is C27H33ClN2O5. The molecule has 2 N–H and O–H groups in total. The number of benzene rings is 2. The maximum Gasteiger partial charge on any atom is 0.408 e. The fourth-order valence-electron chi connectivity index (χ4n) is 5.76. The average Bonchev–Trinajstić information content (AvgIpc) is 3.24. The van der Waals surface area contributed by atoms with E-state index in [0.29, 0.717) is 16.7 Å². The van der Waals surface area contributed by atoms with Crippen LogP contribution in [0, 0.1) is 5.92 Å². The van der Waals surface area contributed by atoms with Crippen LogP contribution < -0.4 is 4.74 Å². The monoisotopic (exact) mass is 500 g/mol. The van der Waals surface area contributed by atoms with E-state index in [4.69, 9.17) is 16.3 Å². The van der Waals surface area contributed by atoms with Crippen molar-refractivity contribution in [3.8, 4) is 5.75 Å². The van der Waals surface area contributed by atoms with Crippen molar-refractivity contribution in [3.63, 3.8) is 0 Å². The van der Waals surface area contributed by atoms with Gasteiger partial charge in [0.1, 0.15) is 17.9 Å². The average molecular weight is 501 g/mol. The summed E-state index contributed by atoms with van der Waals surface area (Å²) in [5.74, 6) is -0.0769. The summed E-state index contributed by atoms with van der Waals surface area (Å²) in [4.78, 5) is 26.1. The minimum Gasteiger partial charge on any atom is -0.488 e. The number of hydrogen-bond donors (Lipinski definition) is 2. The highest BCUT2D eigenvalue weighted by Crippen LogP contribution is 2.44. The first-order valence-electron chi connectivity index (χ1n) is 12.1. The molecule has 188 valence electrons. The van der Waals surface area contributed by atoms with Crippen molar-refractivity contribution in [2.75, 3.05) is 20.6 Å². The number of nitrogens with zero attached hydrogens (tertiary/aromatic N) is 2. The lowest BCUT2D eigenvalue weighted by molar-refractivity contribution is -0.141. The summed E-state index contributed by atoms with van der Waals surface area (Å²) in [5.41, 5.74) is 2.51. The molecule has 1 aliphatic carbocycles. The Bertz CT molecular complexity index is 1030. The highest BCUT2D eigenvalue weighted by atomic mass is 35.5. The zero-order valence-electron chi connectivity index (χ0n) is 20.2. The molecule has 2 atom stereocenters. The van der Waals surface area contributed by atoms with Crippen LogP contribution in [0.3, 0.4) is 0 Å². The first kappa shape index (κ1) is 25.3. The number of carboxylic acids is 1. The van der Waals surface area contributed by atoms with Gasteiger partial charge in [-0.1, -0.05) is 41.9 Å². The van der Waals surface area contributed by atoms with E-state index in [2.05, 4.69) is 49.3 Å². The van der Waals surface area contributed by atoms with Crippen molar-refractivity contribution in [2.45, 2.75) is 56.2 Å². The highest BCUT2D eigenvalue weighted by molar-refractivity contribution is 6.30. The summed E-state index contributed by atoms with van der Waals surface area (Å²) >= 11 is 6.39. The van der Waals surface area contributed by atoms with Crippen LogP contribution >= 0.6 is 11.6 Å². The van der Waals surface area contributed by atoms with Gasteiger partial charge in [-0.05, 0) is 81.4 Å². The van der Waals surface area contributed by atoms with Crippen LogP contribution in [0.25, 0.3) is 0 Å². The molecule has 1 saturated heterocycles. The van der Waals surface area contributed by atoms with Crippen LogP contribution in [0.4, 0.5) is 4.79 Å². The maximum absolute atomic E-state index is 11.4. The Labute approximate surface area is 211 Å². The van der Waals surface area contributed by atoms with Gasteiger partial charge in [0.15, 0.2) is 0 Å². The van der Waals surface area contributed by atoms with Crippen LogP contribution in [-0.2, 0) is 16.8 Å². The third-order valence-corrected chi connectivity index (χ3v) is 7.87. The van der Waals surface area contributed by atoms with E-state index in [9.17, 15) is 19.8 Å². The lowest BCUT2D eigenvalue weighted by atomic mass is 9.70. The molecule has 2 aromatic rings. The third-order valence-electron chi connectivity index (χ3n) is 7.65. The van der Waals surface area contributed by atoms with Gasteiger partial charge in [-0.2, -0.15) is 0 Å². The van der Waals surface area contributed by atoms with E-state index in [1.54, 1.807) is 6.07 Å². The smallest absolute Gasteiger partial charge is 0.408 e. The molecule has 2 fully saturated rings. The van der Waals surface area contributed by atoms with Crippen molar-refractivity contribution in [1.82, 2.24) is 9.80 Å². The SMILES string of the molecule is CN(C)C1(c2ccccc2)CCC(Cc2cc(Cl)cc(O[C@H]3C[C@@H](C(=O)O)N(C(=O)O)C3)c2)CC1. The number of ether oxygens (including phenoxy) is 1. The topological polar surface area (TPSA) is 90.3 Å². The van der Waals surface area contributed by atoms with E-state index >= 15 is 0 Å². The van der Waals surface area contributed by atoms with Gasteiger partial charge in [-0.3, -0.25) is 9.80 Å². The fourth-order valence-corrected chi connectivity index (χ4v) is 6.01. The fraction of sp³-hybridized carbons (Fsp3) is 0.481. The summed E-state index contributed by atoms with van der Waals surface area (Å²) in [6.45, 7) is 0.0167. The van der Waals surface area contributed by atoms with Crippen molar-refractivity contribution in [1.29, 1.82) is 0 Å². The second kappa shape index (κ2) is 10.5. The van der Waals surface area contributed by atoms with E-state index in [1.807, 2.05) is 12.1 Å². The molecule has 0 bridgehead atoms. The van der Waals surface area contributed by atoms with Gasteiger partial charge in [0, 0.05) is 17.0 Å². The quantitative estimate of drug-likeness (QED) is 0.548. The molecule has 1 amide bonds. The highest BCUT2D eigenvalue weighted by Gasteiger charge is 2.41. The van der Waals surface area contributed by atoms with Crippen molar-refractivity contribution in [3.05, 3.63) is 64.7 Å². The van der Waals surface area contributed by atoms with Crippen molar-refractivity contribution >= 4 is 23.7 Å². The summed E-state index contributed by atoms with van der Waals surface area (Å²) < 4.78 is 6.01. The van der Waals surface area contributed by atoms with Gasteiger partial charge in [-0.25, -0.2) is 9.59 Å². The molecule has 1 saturated carbocycles. The Morgan fingerprint density at radius 2 is 1.80 bits per heavy atom. The Morgan fingerprint density at radius 3 is 2.37 bits per heavy atom. The number of amides is 1. The second-order valence-electron chi connectivity index (χ2n) is 10.00. The van der Waals surface area contributed by atoms with E-state index < -0.39 is 24.2 Å². The minimum absolute atomic E-state index is 0.0167. The molecule has 2 aliphatic rings. The minimum atomic E-state index is -1.25. The maximum atomic E-state index is 11.4. The van der Waals surface area contributed by atoms with Crippen molar-refractivity contribution in [2.24, 2.45) is 5.92 Å². The predicted octanol–water partition coefficient (Wildman–Crippen LogP) is 5.11. The van der Waals surface area contributed by atoms with Gasteiger partial charge in [0.2, 0.25) is 0 Å². The van der Waals surface area contributed by atoms with Crippen LogP contribution in [0.5, 0.6) is 5.75 Å². The molecule has 1 heterocycles. The Morgan fingerprint density at radius 1 is 1.11 bits per heavy atom. The molecular weight excluding hydrogens is 468 g/mol. The van der Waals surface area contributed by atoms with Crippen LogP contribution in [0.15, 0.2) is 48.5 Å². The first-order chi connectivity index (χ1) is 16.7. The summed E-state index contributed by atoms with van der Waals surface area (Å²) in [6.07, 6.45) is 3.59. The molecule has 1 aliphatic heterocycles. The zero-order valence-corrected chi connectivity index (χ0v) is 20.9. The molecule has 35 heavy (non-hydrogen) atoms. The molecule has 0 unspecified atom stereocenters. The van der Waals surface area contributed by atoms with E-state index in [1.165, 1.54) is 5.56 Å². The number of halogens is 1. The number of likely N-dealkylation sites (tertiary alicyclic amines) is 1. The van der Waals surface area contributed by atoms with Crippen LogP contribution in [0.2, 0.25) is 5.02 Å². The molecule has 0 radical (unpaired) electrons. The standard InChI is InChI=1S/C27H33ClN2O5/c1-29(2)27(20-6-4-3-5-7-20)10-8-18(9-11-27)12-19-13-21(28)15-22(14-19)35-23-16-24(25(31)32)30(17-23)26(33)34/h3-7,13-15,18,23-24H,8-12,16-17H2,1-2H3,(H,31,32)(H,33,34)/t18?,23-,24-,27?/m0/s1. The number of hydrogen-bond acceptors (Lipinski definition) is 4. The lowest BCUT2D eigenvalue weighted by Crippen LogP contribution is -2.44. The Balaban J connectivity index is 1.41. The lowest BCUT2D eigenvalue weighted by Gasteiger charge is -2.45. The second-order valence-corrected chi connectivity index (χ2v) is 10.4. The van der Waals surface area contributed by atoms with Gasteiger partial charge >= 0.3 is 12.1 Å². The molecule has 0 spiro atoms.